The van der Waals surface area contributed by atoms with E-state index in [0.717, 1.165) is 23.1 Å². The topological polar surface area (TPSA) is 27.9 Å². The van der Waals surface area contributed by atoms with Crippen molar-refractivity contribution in [3.05, 3.63) is 66.0 Å². The molecule has 0 fully saturated rings. The Bertz CT molecular complexity index is 693. The summed E-state index contributed by atoms with van der Waals surface area (Å²) in [6, 6.07) is 20.6. The van der Waals surface area contributed by atoms with Gasteiger partial charge in [0.2, 0.25) is 0 Å². The van der Waals surface area contributed by atoms with Crippen molar-refractivity contribution in [2.24, 2.45) is 0 Å². The molecule has 3 rings (SSSR count). The van der Waals surface area contributed by atoms with Crippen molar-refractivity contribution in [3.8, 4) is 11.3 Å². The van der Waals surface area contributed by atoms with Crippen LogP contribution in [0.2, 0.25) is 0 Å². The second-order valence-electron chi connectivity index (χ2n) is 4.64. The molecule has 0 aliphatic rings. The minimum atomic E-state index is 0.894. The minimum absolute atomic E-state index is 0.894. The number of nitrogens with zero attached hydrogens (tertiary/aromatic N) is 1. The zero-order chi connectivity index (χ0) is 14.5. The molecule has 4 heteroatoms. The number of hydrogen-bond donors (Lipinski definition) is 2. The number of anilines is 2. The summed E-state index contributed by atoms with van der Waals surface area (Å²) in [5.41, 5.74) is 6.88. The molecule has 2 N–H and O–H groups in total. The lowest BCUT2D eigenvalue weighted by atomic mass is 10.2. The maximum Gasteiger partial charge on any atom is 0.358 e. The first-order valence-corrected chi connectivity index (χ1v) is 7.91. The standard InChI is InChI=1S/C17H17N3S/c1-2-18-17-20(19-15-11-7-4-8-12-15)16(13-21-17)14-9-5-3-6-10-14/h3-13,19H,2H2,1H3/p+1. The van der Waals surface area contributed by atoms with Gasteiger partial charge in [-0.15, -0.1) is 4.68 Å². The molecule has 2 aromatic carbocycles. The van der Waals surface area contributed by atoms with E-state index >= 15 is 0 Å². The Morgan fingerprint density at radius 3 is 2.29 bits per heavy atom. The number of benzene rings is 2. The van der Waals surface area contributed by atoms with E-state index in [0.29, 0.717) is 0 Å². The van der Waals surface area contributed by atoms with Gasteiger partial charge in [-0.25, -0.2) is 5.43 Å². The van der Waals surface area contributed by atoms with Crippen molar-refractivity contribution in [3.63, 3.8) is 0 Å². The van der Waals surface area contributed by atoms with Gasteiger partial charge in [0, 0.05) is 10.9 Å². The molecule has 0 spiro atoms. The first-order valence-electron chi connectivity index (χ1n) is 7.03. The summed E-state index contributed by atoms with van der Waals surface area (Å²) in [6.07, 6.45) is 0. The van der Waals surface area contributed by atoms with Crippen molar-refractivity contribution < 1.29 is 4.68 Å². The summed E-state index contributed by atoms with van der Waals surface area (Å²) in [7, 11) is 0. The van der Waals surface area contributed by atoms with Gasteiger partial charge in [0.25, 0.3) is 0 Å². The largest absolute Gasteiger partial charge is 0.358 e. The zero-order valence-corrected chi connectivity index (χ0v) is 12.7. The lowest BCUT2D eigenvalue weighted by Crippen LogP contribution is -2.44. The first kappa shape index (κ1) is 13.6. The van der Waals surface area contributed by atoms with Crippen LogP contribution >= 0.6 is 11.3 Å². The van der Waals surface area contributed by atoms with Crippen molar-refractivity contribution in [2.45, 2.75) is 6.92 Å². The van der Waals surface area contributed by atoms with E-state index in [-0.39, 0.29) is 0 Å². The molecule has 0 saturated carbocycles. The average Bonchev–Trinajstić information content (AvgIpc) is 2.92. The molecular formula is C17H18N3S+. The molecule has 0 unspecified atom stereocenters. The van der Waals surface area contributed by atoms with Crippen LogP contribution in [-0.2, 0) is 0 Å². The first-order chi connectivity index (χ1) is 10.4. The van der Waals surface area contributed by atoms with Gasteiger partial charge in [-0.1, -0.05) is 59.9 Å². The Balaban J connectivity index is 2.01. The summed E-state index contributed by atoms with van der Waals surface area (Å²) < 4.78 is 2.11. The molecule has 21 heavy (non-hydrogen) atoms. The molecule has 0 aliphatic heterocycles. The molecule has 106 valence electrons. The van der Waals surface area contributed by atoms with Crippen LogP contribution in [0.5, 0.6) is 0 Å². The van der Waals surface area contributed by atoms with Crippen LogP contribution in [0.15, 0.2) is 66.0 Å². The summed E-state index contributed by atoms with van der Waals surface area (Å²) in [5, 5.41) is 6.67. The lowest BCUT2D eigenvalue weighted by molar-refractivity contribution is -0.612. The second kappa shape index (κ2) is 6.41. The fourth-order valence-electron chi connectivity index (χ4n) is 2.16. The monoisotopic (exact) mass is 296 g/mol. The molecule has 0 amide bonds. The number of hydrogen-bond acceptors (Lipinski definition) is 3. The number of rotatable bonds is 5. The van der Waals surface area contributed by atoms with E-state index in [2.05, 4.69) is 64.1 Å². The lowest BCUT2D eigenvalue weighted by Gasteiger charge is -2.07. The Kier molecular flexibility index (Phi) is 4.17. The van der Waals surface area contributed by atoms with Gasteiger partial charge in [0.1, 0.15) is 0 Å². The fraction of sp³-hybridized carbons (Fsp3) is 0.118. The van der Waals surface area contributed by atoms with Crippen LogP contribution in [0.1, 0.15) is 6.92 Å². The van der Waals surface area contributed by atoms with Gasteiger partial charge < -0.3 is 0 Å². The molecule has 0 atom stereocenters. The highest BCUT2D eigenvalue weighted by molar-refractivity contribution is 7.13. The van der Waals surface area contributed by atoms with Gasteiger partial charge in [0.15, 0.2) is 5.69 Å². The van der Waals surface area contributed by atoms with Crippen LogP contribution in [0.25, 0.3) is 11.3 Å². The highest BCUT2D eigenvalue weighted by Gasteiger charge is 2.18. The Morgan fingerprint density at radius 1 is 0.952 bits per heavy atom. The summed E-state index contributed by atoms with van der Waals surface area (Å²) in [5.74, 6) is 0. The van der Waals surface area contributed by atoms with Gasteiger partial charge in [-0.05, 0) is 19.1 Å². The Hall–Kier alpha value is -2.33. The summed E-state index contributed by atoms with van der Waals surface area (Å²) in [6.45, 7) is 3.00. The third kappa shape index (κ3) is 3.06. The Morgan fingerprint density at radius 2 is 1.62 bits per heavy atom. The average molecular weight is 296 g/mol. The van der Waals surface area contributed by atoms with Crippen LogP contribution in [0.4, 0.5) is 10.8 Å². The van der Waals surface area contributed by atoms with Crippen molar-refractivity contribution in [1.29, 1.82) is 0 Å². The van der Waals surface area contributed by atoms with E-state index < -0.39 is 0 Å². The van der Waals surface area contributed by atoms with E-state index in [9.17, 15) is 0 Å². The van der Waals surface area contributed by atoms with E-state index in [1.54, 1.807) is 11.3 Å². The molecule has 1 aromatic heterocycles. The maximum atomic E-state index is 3.47. The quantitative estimate of drug-likeness (QED) is 0.696. The van der Waals surface area contributed by atoms with Crippen LogP contribution in [0, 0.1) is 0 Å². The molecule has 0 radical (unpaired) electrons. The van der Waals surface area contributed by atoms with E-state index in [1.165, 1.54) is 5.56 Å². The number of para-hydroxylation sites is 1. The molecule has 0 aliphatic carbocycles. The number of aromatic nitrogens is 1. The van der Waals surface area contributed by atoms with E-state index in [1.807, 2.05) is 24.3 Å². The predicted octanol–water partition coefficient (Wildman–Crippen LogP) is 4.01. The van der Waals surface area contributed by atoms with Crippen molar-refractivity contribution in [2.75, 3.05) is 17.3 Å². The molecule has 3 nitrogen and oxygen atoms in total. The third-order valence-corrected chi connectivity index (χ3v) is 4.03. The smallest absolute Gasteiger partial charge is 0.263 e. The highest BCUT2D eigenvalue weighted by atomic mass is 32.1. The zero-order valence-electron chi connectivity index (χ0n) is 11.9. The predicted molar refractivity (Wildman–Crippen MR) is 89.6 cm³/mol. The molecule has 3 aromatic rings. The van der Waals surface area contributed by atoms with Crippen LogP contribution in [-0.4, -0.2) is 6.54 Å². The molecular weight excluding hydrogens is 278 g/mol. The fourth-order valence-corrected chi connectivity index (χ4v) is 3.10. The highest BCUT2D eigenvalue weighted by Crippen LogP contribution is 2.23. The van der Waals surface area contributed by atoms with Gasteiger partial charge in [-0.2, -0.15) is 0 Å². The molecule has 0 saturated heterocycles. The number of thiazole rings is 1. The van der Waals surface area contributed by atoms with Crippen molar-refractivity contribution in [1.82, 2.24) is 0 Å². The summed E-state index contributed by atoms with van der Waals surface area (Å²) in [4.78, 5) is 0. The second-order valence-corrected chi connectivity index (χ2v) is 5.49. The molecule has 1 heterocycles. The number of nitrogens with one attached hydrogen (secondary N) is 2. The van der Waals surface area contributed by atoms with Crippen molar-refractivity contribution >= 4 is 22.2 Å². The van der Waals surface area contributed by atoms with E-state index in [4.69, 9.17) is 0 Å². The minimum Gasteiger partial charge on any atom is -0.263 e. The van der Waals surface area contributed by atoms with Crippen LogP contribution < -0.4 is 15.4 Å². The third-order valence-electron chi connectivity index (χ3n) is 3.14. The SMILES string of the molecule is CCNc1scc(-c2ccccc2)[n+]1Nc1ccccc1. The maximum absolute atomic E-state index is 3.47. The Labute approximate surface area is 128 Å². The normalized spacial score (nSPS) is 10.3. The van der Waals surface area contributed by atoms with Gasteiger partial charge in [0.05, 0.1) is 12.2 Å². The summed E-state index contributed by atoms with van der Waals surface area (Å²) >= 11 is 1.70. The molecule has 0 bridgehead atoms. The van der Waals surface area contributed by atoms with Gasteiger partial charge in [-0.3, -0.25) is 5.32 Å². The van der Waals surface area contributed by atoms with Gasteiger partial charge >= 0.3 is 5.13 Å². The van der Waals surface area contributed by atoms with Crippen LogP contribution in [0.3, 0.4) is 0 Å².